The average Bonchev–Trinajstić information content (AvgIpc) is 3.00. The van der Waals surface area contributed by atoms with Crippen LogP contribution in [-0.4, -0.2) is 22.8 Å². The fourth-order valence-corrected chi connectivity index (χ4v) is 3.88. The lowest BCUT2D eigenvalue weighted by molar-refractivity contribution is 0.597. The van der Waals surface area contributed by atoms with Crippen molar-refractivity contribution in [2.75, 3.05) is 10.1 Å². The Morgan fingerprint density at radius 1 is 1.38 bits per heavy atom. The predicted molar refractivity (Wildman–Crippen MR) is 80.9 cm³/mol. The van der Waals surface area contributed by atoms with Crippen LogP contribution in [0.15, 0.2) is 34.9 Å². The fourth-order valence-electron chi connectivity index (χ4n) is 1.74. The number of sulfonamides is 1. The number of thiazole rings is 1. The number of halogens is 1. The maximum atomic E-state index is 12.5. The molecular formula is C10H9ClN6O2S2. The zero-order valence-corrected chi connectivity index (χ0v) is 12.7. The lowest BCUT2D eigenvalue weighted by Crippen LogP contribution is -2.19. The third-order valence-corrected chi connectivity index (χ3v) is 4.93. The Kier molecular flexibility index (Phi) is 3.45. The Morgan fingerprint density at radius 3 is 2.86 bits per heavy atom. The lowest BCUT2D eigenvalue weighted by Gasteiger charge is -2.08. The molecule has 0 aliphatic rings. The van der Waals surface area contributed by atoms with Crippen LogP contribution in [0.25, 0.3) is 4.96 Å². The highest BCUT2D eigenvalue weighted by atomic mass is 35.5. The van der Waals surface area contributed by atoms with Crippen LogP contribution in [0, 0.1) is 0 Å². The van der Waals surface area contributed by atoms with Crippen LogP contribution in [0.2, 0.25) is 5.02 Å². The topological polar surface area (TPSA) is 114 Å². The van der Waals surface area contributed by atoms with E-state index in [1.165, 1.54) is 34.1 Å². The maximum Gasteiger partial charge on any atom is 0.282 e. The van der Waals surface area contributed by atoms with Crippen molar-refractivity contribution in [3.8, 4) is 0 Å². The molecule has 0 aliphatic carbocycles. The molecule has 0 fully saturated rings. The number of rotatable bonds is 4. The van der Waals surface area contributed by atoms with E-state index in [2.05, 4.69) is 20.1 Å². The Balaban J connectivity index is 2.07. The second-order valence-electron chi connectivity index (χ2n) is 3.93. The largest absolute Gasteiger partial charge is 0.306 e. The summed E-state index contributed by atoms with van der Waals surface area (Å²) in [6.45, 7) is 0. The van der Waals surface area contributed by atoms with E-state index in [4.69, 9.17) is 17.4 Å². The molecule has 11 heteroatoms. The monoisotopic (exact) mass is 344 g/mol. The zero-order chi connectivity index (χ0) is 15.0. The summed E-state index contributed by atoms with van der Waals surface area (Å²) >= 11 is 7.01. The van der Waals surface area contributed by atoms with Crippen LogP contribution in [0.5, 0.6) is 0 Å². The van der Waals surface area contributed by atoms with Crippen molar-refractivity contribution in [2.45, 2.75) is 5.03 Å². The van der Waals surface area contributed by atoms with Crippen LogP contribution < -0.4 is 16.0 Å². The van der Waals surface area contributed by atoms with Gasteiger partial charge in [0.15, 0.2) is 10.8 Å². The number of imidazole rings is 1. The number of aromatic nitrogens is 3. The molecule has 110 valence electrons. The van der Waals surface area contributed by atoms with Gasteiger partial charge in [-0.2, -0.15) is 13.4 Å². The van der Waals surface area contributed by atoms with Crippen molar-refractivity contribution < 1.29 is 8.42 Å². The van der Waals surface area contributed by atoms with Crippen LogP contribution >= 0.6 is 22.9 Å². The van der Waals surface area contributed by atoms with E-state index in [-0.39, 0.29) is 16.7 Å². The van der Waals surface area contributed by atoms with Crippen molar-refractivity contribution in [3.63, 3.8) is 0 Å². The molecule has 0 saturated carbocycles. The standard InChI is InChI=1S/C10H9ClN6O2S2/c11-6-1-2-7(13-5-6)16-21(18,19)9-8(15-12)14-10-17(9)3-4-20-10/h1-5,15H,12H2,(H,13,16). The summed E-state index contributed by atoms with van der Waals surface area (Å²) in [5, 5.41) is 2.05. The number of hydrazine groups is 1. The lowest BCUT2D eigenvalue weighted by atomic mass is 10.5. The first kappa shape index (κ1) is 14.1. The van der Waals surface area contributed by atoms with Crippen LogP contribution in [0.1, 0.15) is 0 Å². The van der Waals surface area contributed by atoms with Crippen molar-refractivity contribution >= 4 is 49.6 Å². The molecule has 4 N–H and O–H groups in total. The third-order valence-electron chi connectivity index (χ3n) is 2.58. The quantitative estimate of drug-likeness (QED) is 0.488. The Bertz CT molecular complexity index is 886. The van der Waals surface area contributed by atoms with Crippen molar-refractivity contribution in [1.29, 1.82) is 0 Å². The van der Waals surface area contributed by atoms with Gasteiger partial charge in [-0.05, 0) is 12.1 Å². The van der Waals surface area contributed by atoms with E-state index in [1.807, 2.05) is 0 Å². The number of hydrogen-bond donors (Lipinski definition) is 3. The molecular weight excluding hydrogens is 336 g/mol. The molecule has 3 rings (SSSR count). The van der Waals surface area contributed by atoms with Gasteiger partial charge in [0.1, 0.15) is 5.82 Å². The molecule has 3 heterocycles. The van der Waals surface area contributed by atoms with Crippen molar-refractivity contribution in [1.82, 2.24) is 14.4 Å². The van der Waals surface area contributed by atoms with Gasteiger partial charge in [-0.15, -0.1) is 11.3 Å². The fraction of sp³-hybridized carbons (Fsp3) is 0. The van der Waals surface area contributed by atoms with Crippen LogP contribution in [-0.2, 0) is 10.0 Å². The van der Waals surface area contributed by atoms with Gasteiger partial charge in [-0.3, -0.25) is 9.12 Å². The number of hydrogen-bond acceptors (Lipinski definition) is 7. The number of nitrogen functional groups attached to an aromatic ring is 1. The predicted octanol–water partition coefficient (Wildman–Crippen LogP) is 1.53. The molecule has 3 aromatic heterocycles. The first-order valence-corrected chi connectivity index (χ1v) is 8.32. The minimum Gasteiger partial charge on any atom is -0.306 e. The maximum absolute atomic E-state index is 12.5. The van der Waals surface area contributed by atoms with Gasteiger partial charge in [0.25, 0.3) is 10.0 Å². The SMILES string of the molecule is NNc1nc2sccn2c1S(=O)(=O)Nc1ccc(Cl)cn1. The zero-order valence-electron chi connectivity index (χ0n) is 10.3. The molecule has 0 bridgehead atoms. The number of nitrogens with zero attached hydrogens (tertiary/aromatic N) is 3. The van der Waals surface area contributed by atoms with Gasteiger partial charge < -0.3 is 5.43 Å². The van der Waals surface area contributed by atoms with E-state index in [0.29, 0.717) is 9.98 Å². The van der Waals surface area contributed by atoms with Gasteiger partial charge in [-0.25, -0.2) is 10.8 Å². The van der Waals surface area contributed by atoms with Gasteiger partial charge in [0.2, 0.25) is 5.03 Å². The second-order valence-corrected chi connectivity index (χ2v) is 6.84. The number of anilines is 2. The first-order valence-electron chi connectivity index (χ1n) is 5.58. The van der Waals surface area contributed by atoms with Gasteiger partial charge in [0, 0.05) is 17.8 Å². The summed E-state index contributed by atoms with van der Waals surface area (Å²) < 4.78 is 28.8. The van der Waals surface area contributed by atoms with E-state index in [9.17, 15) is 8.42 Å². The Morgan fingerprint density at radius 2 is 2.19 bits per heavy atom. The van der Waals surface area contributed by atoms with Gasteiger partial charge >= 0.3 is 0 Å². The minimum absolute atomic E-state index is 0.0586. The van der Waals surface area contributed by atoms with E-state index < -0.39 is 10.0 Å². The van der Waals surface area contributed by atoms with Gasteiger partial charge in [0.05, 0.1) is 5.02 Å². The highest BCUT2D eigenvalue weighted by Crippen LogP contribution is 2.26. The summed E-state index contributed by atoms with van der Waals surface area (Å²) in [5.41, 5.74) is 2.29. The Labute approximate surface area is 128 Å². The number of nitrogens with two attached hydrogens (primary N) is 1. The van der Waals surface area contributed by atoms with Crippen LogP contribution in [0.3, 0.4) is 0 Å². The summed E-state index contributed by atoms with van der Waals surface area (Å²) in [7, 11) is -3.91. The van der Waals surface area contributed by atoms with Gasteiger partial charge in [-0.1, -0.05) is 11.6 Å². The Hall–Kier alpha value is -1.88. The molecule has 0 aliphatic heterocycles. The normalized spacial score (nSPS) is 11.7. The van der Waals surface area contributed by atoms with Crippen molar-refractivity contribution in [2.24, 2.45) is 5.84 Å². The van der Waals surface area contributed by atoms with E-state index in [0.717, 1.165) is 0 Å². The molecule has 0 spiro atoms. The molecule has 0 atom stereocenters. The molecule has 3 aromatic rings. The minimum atomic E-state index is -3.91. The smallest absolute Gasteiger partial charge is 0.282 e. The van der Waals surface area contributed by atoms with Crippen LogP contribution in [0.4, 0.5) is 11.6 Å². The summed E-state index contributed by atoms with van der Waals surface area (Å²) in [5.74, 6) is 5.54. The van der Waals surface area contributed by atoms with E-state index in [1.54, 1.807) is 11.6 Å². The number of pyridine rings is 1. The van der Waals surface area contributed by atoms with Crippen molar-refractivity contribution in [3.05, 3.63) is 34.9 Å². The second kappa shape index (κ2) is 5.15. The average molecular weight is 345 g/mol. The van der Waals surface area contributed by atoms with E-state index >= 15 is 0 Å². The third kappa shape index (κ3) is 2.53. The molecule has 21 heavy (non-hydrogen) atoms. The summed E-state index contributed by atoms with van der Waals surface area (Å²) in [6.07, 6.45) is 2.94. The molecule has 8 nitrogen and oxygen atoms in total. The first-order chi connectivity index (χ1) is 10.0. The number of fused-ring (bicyclic) bond motifs is 1. The summed E-state index contributed by atoms with van der Waals surface area (Å²) in [6, 6.07) is 2.99. The highest BCUT2D eigenvalue weighted by molar-refractivity contribution is 7.92. The molecule has 0 unspecified atom stereocenters. The summed E-state index contributed by atoms with van der Waals surface area (Å²) in [4.78, 5) is 8.50. The highest BCUT2D eigenvalue weighted by Gasteiger charge is 2.26. The molecule has 0 saturated heterocycles. The number of nitrogens with one attached hydrogen (secondary N) is 2. The molecule has 0 radical (unpaired) electrons. The molecule has 0 amide bonds. The molecule has 0 aromatic carbocycles.